The third kappa shape index (κ3) is 5.61. The van der Waals surface area contributed by atoms with E-state index in [1.807, 2.05) is 0 Å². The zero-order valence-electron chi connectivity index (χ0n) is 18.1. The first kappa shape index (κ1) is 21.9. The molecule has 0 atom stereocenters. The summed E-state index contributed by atoms with van der Waals surface area (Å²) in [5.74, 6) is -0.596. The van der Waals surface area contributed by atoms with Crippen LogP contribution in [0.1, 0.15) is 92.9 Å². The van der Waals surface area contributed by atoms with Crippen molar-refractivity contribution in [3.8, 4) is 0 Å². The Bertz CT molecular complexity index is 729. The van der Waals surface area contributed by atoms with E-state index in [1.165, 1.54) is 22.3 Å². The Morgan fingerprint density at radius 2 is 1.69 bits per heavy atom. The highest BCUT2D eigenvalue weighted by atomic mass is 16.5. The van der Waals surface area contributed by atoms with Gasteiger partial charge in [0.15, 0.2) is 0 Å². The van der Waals surface area contributed by atoms with Gasteiger partial charge in [0.25, 0.3) is 6.47 Å². The Morgan fingerprint density at radius 1 is 1.00 bits per heavy atom. The van der Waals surface area contributed by atoms with Crippen molar-refractivity contribution >= 4 is 12.4 Å². The van der Waals surface area contributed by atoms with Crippen LogP contribution in [0.5, 0.6) is 0 Å². The fraction of sp³-hybridized carbons (Fsp3) is 0.680. The lowest BCUT2D eigenvalue weighted by Crippen LogP contribution is -2.14. The van der Waals surface area contributed by atoms with Crippen LogP contribution in [0, 0.1) is 19.3 Å². The fourth-order valence-electron chi connectivity index (χ4n) is 4.69. The van der Waals surface area contributed by atoms with Crippen molar-refractivity contribution < 1.29 is 19.4 Å². The van der Waals surface area contributed by atoms with Gasteiger partial charge < -0.3 is 9.84 Å². The van der Waals surface area contributed by atoms with Crippen LogP contribution in [0.25, 0.3) is 0 Å². The maximum Gasteiger partial charge on any atom is 0.309 e. The van der Waals surface area contributed by atoms with Gasteiger partial charge in [-0.3, -0.25) is 9.59 Å². The Labute approximate surface area is 175 Å². The van der Waals surface area contributed by atoms with Gasteiger partial charge in [-0.2, -0.15) is 0 Å². The number of aliphatic carboxylic acids is 1. The van der Waals surface area contributed by atoms with Crippen LogP contribution in [0.4, 0.5) is 0 Å². The molecule has 2 saturated carbocycles. The number of ether oxygens (including phenoxy) is 1. The number of carbonyl (C=O) groups is 2. The van der Waals surface area contributed by atoms with E-state index in [1.54, 1.807) is 0 Å². The zero-order chi connectivity index (χ0) is 20.9. The predicted octanol–water partition coefficient (Wildman–Crippen LogP) is 5.69. The van der Waals surface area contributed by atoms with Gasteiger partial charge in [-0.05, 0) is 107 Å². The molecule has 1 N–H and O–H groups in total. The van der Waals surface area contributed by atoms with E-state index in [4.69, 9.17) is 4.74 Å². The van der Waals surface area contributed by atoms with Crippen LogP contribution in [0.2, 0.25) is 0 Å². The van der Waals surface area contributed by atoms with E-state index in [2.05, 4.69) is 26.0 Å². The minimum atomic E-state index is -0.596. The van der Waals surface area contributed by atoms with Crippen molar-refractivity contribution in [2.75, 3.05) is 0 Å². The molecule has 0 radical (unpaired) electrons. The van der Waals surface area contributed by atoms with E-state index in [0.29, 0.717) is 6.47 Å². The van der Waals surface area contributed by atoms with Gasteiger partial charge >= 0.3 is 5.97 Å². The van der Waals surface area contributed by atoms with E-state index >= 15 is 0 Å². The lowest BCUT2D eigenvalue weighted by molar-refractivity contribution is -0.143. The lowest BCUT2D eigenvalue weighted by atomic mass is 9.90. The van der Waals surface area contributed by atoms with Crippen molar-refractivity contribution in [3.63, 3.8) is 0 Å². The van der Waals surface area contributed by atoms with Crippen molar-refractivity contribution in [1.82, 2.24) is 0 Å². The summed E-state index contributed by atoms with van der Waals surface area (Å²) >= 11 is 0. The molecule has 0 amide bonds. The number of aryl methyl sites for hydroxylation is 2. The van der Waals surface area contributed by atoms with Crippen LogP contribution in [0.3, 0.4) is 0 Å². The highest BCUT2D eigenvalue weighted by molar-refractivity contribution is 5.77. The van der Waals surface area contributed by atoms with E-state index in [9.17, 15) is 14.7 Å². The molecular formula is C25H36O4. The number of benzene rings is 1. The number of unbranched alkanes of at least 4 members (excludes halogenated alkanes) is 3. The SMILES string of the molecule is Cc1ccc(CCCCCC2(C(=O)O)CC2)c(C)c1CCCCC1(OC=O)CC1. The van der Waals surface area contributed by atoms with E-state index in [-0.39, 0.29) is 11.0 Å². The Kier molecular flexibility index (Phi) is 7.02. The molecule has 3 rings (SSSR count). The first-order valence-corrected chi connectivity index (χ1v) is 11.3. The highest BCUT2D eigenvalue weighted by Gasteiger charge is 2.49. The second kappa shape index (κ2) is 9.32. The minimum Gasteiger partial charge on any atom is -0.481 e. The number of carboxylic acids is 1. The van der Waals surface area contributed by atoms with Crippen molar-refractivity contribution in [2.24, 2.45) is 5.41 Å². The summed E-state index contributed by atoms with van der Waals surface area (Å²) in [7, 11) is 0. The first-order valence-electron chi connectivity index (χ1n) is 11.3. The Hall–Kier alpha value is -1.84. The molecule has 2 aliphatic carbocycles. The van der Waals surface area contributed by atoms with Crippen molar-refractivity contribution in [3.05, 3.63) is 34.4 Å². The third-order valence-electron chi connectivity index (χ3n) is 7.27. The summed E-state index contributed by atoms with van der Waals surface area (Å²) in [5, 5.41) is 9.27. The molecule has 0 aromatic heterocycles. The van der Waals surface area contributed by atoms with Gasteiger partial charge in [0.1, 0.15) is 5.60 Å². The second-order valence-corrected chi connectivity index (χ2v) is 9.40. The molecule has 0 heterocycles. The summed E-state index contributed by atoms with van der Waals surface area (Å²) in [4.78, 5) is 21.9. The molecule has 4 nitrogen and oxygen atoms in total. The predicted molar refractivity (Wildman–Crippen MR) is 114 cm³/mol. The highest BCUT2D eigenvalue weighted by Crippen LogP contribution is 2.50. The summed E-state index contributed by atoms with van der Waals surface area (Å²) in [5.41, 5.74) is 5.21. The quantitative estimate of drug-likeness (QED) is 0.322. The second-order valence-electron chi connectivity index (χ2n) is 9.40. The van der Waals surface area contributed by atoms with Crippen LogP contribution in [-0.2, 0) is 27.2 Å². The Morgan fingerprint density at radius 3 is 2.31 bits per heavy atom. The molecular weight excluding hydrogens is 364 g/mol. The molecule has 0 bridgehead atoms. The molecule has 0 saturated heterocycles. The summed E-state index contributed by atoms with van der Waals surface area (Å²) in [6.07, 6.45) is 13.3. The molecule has 4 heteroatoms. The summed E-state index contributed by atoms with van der Waals surface area (Å²) in [6.45, 7) is 5.06. The van der Waals surface area contributed by atoms with Gasteiger partial charge in [0.05, 0.1) is 5.41 Å². The average Bonchev–Trinajstić information content (AvgIpc) is 3.60. The van der Waals surface area contributed by atoms with Crippen molar-refractivity contribution in [1.29, 1.82) is 0 Å². The Balaban J connectivity index is 1.42. The lowest BCUT2D eigenvalue weighted by Gasteiger charge is -2.16. The minimum absolute atomic E-state index is 0.132. The molecule has 29 heavy (non-hydrogen) atoms. The topological polar surface area (TPSA) is 63.6 Å². The number of hydrogen-bond acceptors (Lipinski definition) is 3. The number of carbonyl (C=O) groups excluding carboxylic acids is 1. The molecule has 0 aliphatic heterocycles. The molecule has 2 fully saturated rings. The molecule has 2 aliphatic rings. The number of hydrogen-bond donors (Lipinski definition) is 1. The van der Waals surface area contributed by atoms with E-state index < -0.39 is 5.97 Å². The van der Waals surface area contributed by atoms with Gasteiger partial charge in [-0.25, -0.2) is 0 Å². The molecule has 0 unspecified atom stereocenters. The summed E-state index contributed by atoms with van der Waals surface area (Å²) in [6, 6.07) is 4.52. The van der Waals surface area contributed by atoms with Crippen LogP contribution < -0.4 is 0 Å². The molecule has 1 aromatic rings. The number of rotatable bonds is 14. The molecule has 0 spiro atoms. The van der Waals surface area contributed by atoms with Gasteiger partial charge in [-0.1, -0.05) is 25.0 Å². The van der Waals surface area contributed by atoms with Crippen LogP contribution in [0.15, 0.2) is 12.1 Å². The third-order valence-corrected chi connectivity index (χ3v) is 7.27. The largest absolute Gasteiger partial charge is 0.481 e. The smallest absolute Gasteiger partial charge is 0.309 e. The maximum absolute atomic E-state index is 11.3. The molecule has 160 valence electrons. The van der Waals surface area contributed by atoms with Gasteiger partial charge in [0.2, 0.25) is 0 Å². The van der Waals surface area contributed by atoms with Gasteiger partial charge in [-0.15, -0.1) is 0 Å². The normalized spacial score (nSPS) is 18.3. The van der Waals surface area contributed by atoms with Crippen LogP contribution >= 0.6 is 0 Å². The summed E-state index contributed by atoms with van der Waals surface area (Å²) < 4.78 is 5.25. The standard InChI is InChI=1S/C25H36O4/c1-19-10-11-21(8-4-3-6-12-24(14-15-24)23(27)28)20(2)22(19)9-5-7-13-25(16-17-25)29-18-26/h10-11,18H,3-9,12-17H2,1-2H3,(H,27,28). The zero-order valence-corrected chi connectivity index (χ0v) is 18.1. The average molecular weight is 401 g/mol. The first-order chi connectivity index (χ1) is 13.9. The van der Waals surface area contributed by atoms with Crippen molar-refractivity contribution in [2.45, 2.75) is 103 Å². The maximum atomic E-state index is 11.3. The molecule has 1 aromatic carbocycles. The monoisotopic (exact) mass is 400 g/mol. The van der Waals surface area contributed by atoms with E-state index in [0.717, 1.165) is 83.5 Å². The van der Waals surface area contributed by atoms with Crippen LogP contribution in [-0.4, -0.2) is 23.1 Å². The fourth-order valence-corrected chi connectivity index (χ4v) is 4.69. The number of carboxylic acid groups (broad SMARTS) is 1. The van der Waals surface area contributed by atoms with Gasteiger partial charge in [0, 0.05) is 0 Å².